The highest BCUT2D eigenvalue weighted by Crippen LogP contribution is 2.21. The summed E-state index contributed by atoms with van der Waals surface area (Å²) in [7, 11) is 0. The van der Waals surface area contributed by atoms with Gasteiger partial charge in [-0.05, 0) is 43.2 Å². The van der Waals surface area contributed by atoms with Gasteiger partial charge in [0.15, 0.2) is 0 Å². The minimum absolute atomic E-state index is 0.234. The number of hydrogen-bond donors (Lipinski definition) is 2. The number of halogens is 1. The number of rotatable bonds is 4. The SMILES string of the molecule is O=C(Nc1cccc(Cl)c1)c1cc(NC2CCCCCC2)ccn1. The molecular weight excluding hydrogens is 322 g/mol. The van der Waals surface area contributed by atoms with Crippen LogP contribution in [0.4, 0.5) is 11.4 Å². The number of benzene rings is 1. The maximum atomic E-state index is 12.4. The van der Waals surface area contributed by atoms with Crippen molar-refractivity contribution >= 4 is 28.9 Å². The molecule has 0 saturated heterocycles. The topological polar surface area (TPSA) is 54.0 Å². The Morgan fingerprint density at radius 3 is 2.58 bits per heavy atom. The molecule has 0 bridgehead atoms. The van der Waals surface area contributed by atoms with Gasteiger partial charge in [-0.2, -0.15) is 0 Å². The predicted octanol–water partition coefficient (Wildman–Crippen LogP) is 5.12. The second-order valence-electron chi connectivity index (χ2n) is 6.23. The van der Waals surface area contributed by atoms with Gasteiger partial charge in [0.25, 0.3) is 5.91 Å². The van der Waals surface area contributed by atoms with Crippen molar-refractivity contribution in [2.75, 3.05) is 10.6 Å². The van der Waals surface area contributed by atoms with Gasteiger partial charge in [0.2, 0.25) is 0 Å². The highest BCUT2D eigenvalue weighted by Gasteiger charge is 2.13. The summed E-state index contributed by atoms with van der Waals surface area (Å²) in [6, 6.07) is 11.3. The van der Waals surface area contributed by atoms with Crippen LogP contribution in [-0.4, -0.2) is 16.9 Å². The molecule has 0 unspecified atom stereocenters. The van der Waals surface area contributed by atoms with Crippen LogP contribution in [0, 0.1) is 0 Å². The second kappa shape index (κ2) is 8.15. The van der Waals surface area contributed by atoms with Crippen LogP contribution < -0.4 is 10.6 Å². The Hall–Kier alpha value is -2.07. The van der Waals surface area contributed by atoms with Crippen molar-refractivity contribution in [3.05, 3.63) is 53.3 Å². The quantitative estimate of drug-likeness (QED) is 0.757. The first-order chi connectivity index (χ1) is 11.7. The fraction of sp³-hybridized carbons (Fsp3) is 0.368. The highest BCUT2D eigenvalue weighted by atomic mass is 35.5. The van der Waals surface area contributed by atoms with E-state index >= 15 is 0 Å². The highest BCUT2D eigenvalue weighted by molar-refractivity contribution is 6.30. The summed E-state index contributed by atoms with van der Waals surface area (Å²) in [6.45, 7) is 0. The number of aromatic nitrogens is 1. The summed E-state index contributed by atoms with van der Waals surface area (Å²) in [6.07, 6.45) is 9.23. The Labute approximate surface area is 147 Å². The summed E-state index contributed by atoms with van der Waals surface area (Å²) in [4.78, 5) is 16.6. The van der Waals surface area contributed by atoms with Gasteiger partial charge in [-0.3, -0.25) is 9.78 Å². The molecule has 5 heteroatoms. The smallest absolute Gasteiger partial charge is 0.274 e. The van der Waals surface area contributed by atoms with E-state index in [9.17, 15) is 4.79 Å². The molecule has 0 radical (unpaired) electrons. The van der Waals surface area contributed by atoms with Gasteiger partial charge in [0, 0.05) is 28.6 Å². The van der Waals surface area contributed by atoms with Gasteiger partial charge in [-0.25, -0.2) is 0 Å². The number of anilines is 2. The Kier molecular flexibility index (Phi) is 5.70. The third kappa shape index (κ3) is 4.71. The number of nitrogens with zero attached hydrogens (tertiary/aromatic N) is 1. The molecule has 4 nitrogen and oxygen atoms in total. The predicted molar refractivity (Wildman–Crippen MR) is 98.8 cm³/mol. The van der Waals surface area contributed by atoms with Crippen LogP contribution in [-0.2, 0) is 0 Å². The zero-order valence-corrected chi connectivity index (χ0v) is 14.4. The van der Waals surface area contributed by atoms with Crippen LogP contribution in [0.1, 0.15) is 49.0 Å². The molecule has 3 rings (SSSR count). The number of carbonyl (C=O) groups excluding carboxylic acids is 1. The van der Waals surface area contributed by atoms with Crippen molar-refractivity contribution in [1.82, 2.24) is 4.98 Å². The van der Waals surface area contributed by atoms with Crippen molar-refractivity contribution in [2.45, 2.75) is 44.6 Å². The van der Waals surface area contributed by atoms with Crippen molar-refractivity contribution in [2.24, 2.45) is 0 Å². The molecule has 0 atom stereocenters. The van der Waals surface area contributed by atoms with Gasteiger partial charge < -0.3 is 10.6 Å². The maximum absolute atomic E-state index is 12.4. The molecule has 1 aromatic carbocycles. The summed E-state index contributed by atoms with van der Waals surface area (Å²) in [5.41, 5.74) is 2.01. The monoisotopic (exact) mass is 343 g/mol. The first-order valence-corrected chi connectivity index (χ1v) is 8.88. The fourth-order valence-corrected chi connectivity index (χ4v) is 3.26. The first-order valence-electron chi connectivity index (χ1n) is 8.50. The van der Waals surface area contributed by atoms with Crippen molar-refractivity contribution in [3.8, 4) is 0 Å². The fourth-order valence-electron chi connectivity index (χ4n) is 3.07. The minimum Gasteiger partial charge on any atom is -0.382 e. The summed E-state index contributed by atoms with van der Waals surface area (Å²) < 4.78 is 0. The molecule has 126 valence electrons. The largest absolute Gasteiger partial charge is 0.382 e. The lowest BCUT2D eigenvalue weighted by Crippen LogP contribution is -2.19. The Morgan fingerprint density at radius 1 is 1.04 bits per heavy atom. The summed E-state index contributed by atoms with van der Waals surface area (Å²) in [5.74, 6) is -0.234. The number of nitrogens with one attached hydrogen (secondary N) is 2. The van der Waals surface area contributed by atoms with E-state index in [0.29, 0.717) is 22.4 Å². The molecule has 0 spiro atoms. The lowest BCUT2D eigenvalue weighted by molar-refractivity contribution is 0.102. The number of pyridine rings is 1. The van der Waals surface area contributed by atoms with E-state index in [1.165, 1.54) is 38.5 Å². The standard InChI is InChI=1S/C19H22ClN3O/c20-14-6-5-9-16(12-14)23-19(24)18-13-17(10-11-21-18)22-15-7-3-1-2-4-8-15/h5-6,9-13,15H,1-4,7-8H2,(H,21,22)(H,23,24). The first kappa shape index (κ1) is 16.8. The summed E-state index contributed by atoms with van der Waals surface area (Å²) >= 11 is 5.94. The second-order valence-corrected chi connectivity index (χ2v) is 6.66. The van der Waals surface area contributed by atoms with E-state index < -0.39 is 0 Å². The van der Waals surface area contributed by atoms with Gasteiger partial charge in [-0.15, -0.1) is 0 Å². The van der Waals surface area contributed by atoms with Crippen LogP contribution in [0.2, 0.25) is 5.02 Å². The average molecular weight is 344 g/mol. The van der Waals surface area contributed by atoms with Crippen molar-refractivity contribution in [1.29, 1.82) is 0 Å². The van der Waals surface area contributed by atoms with E-state index in [0.717, 1.165) is 5.69 Å². The lowest BCUT2D eigenvalue weighted by Gasteiger charge is -2.17. The molecule has 1 saturated carbocycles. The Morgan fingerprint density at radius 2 is 1.83 bits per heavy atom. The van der Waals surface area contributed by atoms with Gasteiger partial charge in [0.1, 0.15) is 5.69 Å². The average Bonchev–Trinajstić information content (AvgIpc) is 2.84. The van der Waals surface area contributed by atoms with Crippen LogP contribution in [0.5, 0.6) is 0 Å². The van der Waals surface area contributed by atoms with E-state index in [4.69, 9.17) is 11.6 Å². The lowest BCUT2D eigenvalue weighted by atomic mass is 10.1. The third-order valence-electron chi connectivity index (χ3n) is 4.30. The Bertz CT molecular complexity index is 697. The van der Waals surface area contributed by atoms with E-state index in [1.54, 1.807) is 30.5 Å². The zero-order chi connectivity index (χ0) is 16.8. The number of hydrogen-bond acceptors (Lipinski definition) is 3. The third-order valence-corrected chi connectivity index (χ3v) is 4.54. The molecule has 1 aliphatic carbocycles. The van der Waals surface area contributed by atoms with E-state index in [1.807, 2.05) is 12.1 Å². The van der Waals surface area contributed by atoms with Crippen LogP contribution in [0.3, 0.4) is 0 Å². The molecule has 24 heavy (non-hydrogen) atoms. The molecule has 2 N–H and O–H groups in total. The van der Waals surface area contributed by atoms with Gasteiger partial charge in [-0.1, -0.05) is 43.4 Å². The van der Waals surface area contributed by atoms with Gasteiger partial charge >= 0.3 is 0 Å². The molecule has 1 heterocycles. The van der Waals surface area contributed by atoms with Crippen LogP contribution in [0.25, 0.3) is 0 Å². The molecule has 0 aliphatic heterocycles. The molecule has 1 aromatic heterocycles. The van der Waals surface area contributed by atoms with E-state index in [2.05, 4.69) is 15.6 Å². The molecule has 1 aliphatic rings. The normalized spacial score (nSPS) is 15.5. The van der Waals surface area contributed by atoms with Crippen LogP contribution >= 0.6 is 11.6 Å². The molecular formula is C19H22ClN3O. The van der Waals surface area contributed by atoms with Gasteiger partial charge in [0.05, 0.1) is 0 Å². The Balaban J connectivity index is 1.66. The zero-order valence-electron chi connectivity index (χ0n) is 13.6. The minimum atomic E-state index is -0.234. The molecule has 1 amide bonds. The number of carbonyl (C=O) groups is 1. The maximum Gasteiger partial charge on any atom is 0.274 e. The van der Waals surface area contributed by atoms with Crippen molar-refractivity contribution in [3.63, 3.8) is 0 Å². The van der Waals surface area contributed by atoms with Crippen molar-refractivity contribution < 1.29 is 4.79 Å². The number of amides is 1. The van der Waals surface area contributed by atoms with E-state index in [-0.39, 0.29) is 5.91 Å². The molecule has 2 aromatic rings. The summed E-state index contributed by atoms with van der Waals surface area (Å²) in [5, 5.41) is 6.96. The molecule has 1 fully saturated rings. The van der Waals surface area contributed by atoms with Crippen LogP contribution in [0.15, 0.2) is 42.6 Å².